The number of carbonyl (C=O) groups excluding carboxylic acids is 1. The molecule has 4 nitrogen and oxygen atoms in total. The fourth-order valence-corrected chi connectivity index (χ4v) is 3.27. The Balaban J connectivity index is 2.03. The number of nitrogens with zero attached hydrogens (tertiary/aromatic N) is 3. The molecule has 0 amide bonds. The summed E-state index contributed by atoms with van der Waals surface area (Å²) in [6, 6.07) is 2.08. The molecule has 1 aliphatic rings. The van der Waals surface area contributed by atoms with Gasteiger partial charge in [-0.2, -0.15) is 0 Å². The fraction of sp³-hybridized carbons (Fsp3) is 0.500. The maximum Gasteiger partial charge on any atom is 0.141 e. The van der Waals surface area contributed by atoms with Gasteiger partial charge in [-0.05, 0) is 11.4 Å². The Hall–Kier alpha value is -1.49. The average Bonchev–Trinajstić information content (AvgIpc) is 2.89. The van der Waals surface area contributed by atoms with Crippen molar-refractivity contribution in [3.8, 4) is 0 Å². The summed E-state index contributed by atoms with van der Waals surface area (Å²) in [6.45, 7) is 5.61. The maximum atomic E-state index is 11.7. The van der Waals surface area contributed by atoms with E-state index in [0.29, 0.717) is 12.2 Å². The molecule has 1 fully saturated rings. The minimum Gasteiger partial charge on any atom is -0.355 e. The van der Waals surface area contributed by atoms with Crippen molar-refractivity contribution in [1.82, 2.24) is 9.97 Å². The molecular formula is C14H17N3OS. The van der Waals surface area contributed by atoms with Crippen molar-refractivity contribution in [1.29, 1.82) is 0 Å². The molecule has 1 aliphatic heterocycles. The third kappa shape index (κ3) is 2.23. The number of hydrogen-bond acceptors (Lipinski definition) is 5. The van der Waals surface area contributed by atoms with E-state index in [1.54, 1.807) is 11.3 Å². The van der Waals surface area contributed by atoms with Gasteiger partial charge < -0.3 is 4.90 Å². The smallest absolute Gasteiger partial charge is 0.141 e. The van der Waals surface area contributed by atoms with Gasteiger partial charge in [-0.1, -0.05) is 13.8 Å². The second-order valence-electron chi connectivity index (χ2n) is 5.02. The Kier molecular flexibility index (Phi) is 3.22. The number of thiophene rings is 1. The minimum atomic E-state index is 0.0995. The van der Waals surface area contributed by atoms with E-state index in [-0.39, 0.29) is 5.92 Å². The van der Waals surface area contributed by atoms with Crippen LogP contribution < -0.4 is 4.90 Å². The molecule has 0 N–H and O–H groups in total. The Bertz CT molecular complexity index is 622. The van der Waals surface area contributed by atoms with Crippen molar-refractivity contribution in [2.45, 2.75) is 26.7 Å². The van der Waals surface area contributed by atoms with Gasteiger partial charge in [0.2, 0.25) is 0 Å². The highest BCUT2D eigenvalue weighted by atomic mass is 32.1. The molecule has 100 valence electrons. The maximum absolute atomic E-state index is 11.7. The summed E-state index contributed by atoms with van der Waals surface area (Å²) < 4.78 is 0. The van der Waals surface area contributed by atoms with E-state index in [1.165, 1.54) is 0 Å². The average molecular weight is 275 g/mol. The summed E-state index contributed by atoms with van der Waals surface area (Å²) in [5.41, 5.74) is 0. The monoisotopic (exact) mass is 275 g/mol. The number of rotatable bonds is 2. The molecule has 2 aromatic rings. The van der Waals surface area contributed by atoms with Crippen LogP contribution in [0.15, 0.2) is 11.4 Å². The normalized spacial score (nSPS) is 20.2. The number of piperidine rings is 1. The van der Waals surface area contributed by atoms with Gasteiger partial charge in [0.25, 0.3) is 0 Å². The summed E-state index contributed by atoms with van der Waals surface area (Å²) in [5, 5.41) is 3.17. The molecule has 5 heteroatoms. The summed E-state index contributed by atoms with van der Waals surface area (Å²) in [7, 11) is 0. The highest BCUT2D eigenvalue weighted by Crippen LogP contribution is 2.30. The molecule has 3 rings (SSSR count). The zero-order valence-corrected chi connectivity index (χ0v) is 12.0. The van der Waals surface area contributed by atoms with Crippen LogP contribution in [-0.4, -0.2) is 28.8 Å². The first kappa shape index (κ1) is 12.5. The standard InChI is InChI=1S/C14H17N3OS/c1-3-12-15-13(10-5-7-19-14(10)16-12)17-6-4-11(18)9(2)8-17/h5,7,9H,3-4,6,8H2,1-2H3. The van der Waals surface area contributed by atoms with Crippen LogP contribution in [0, 0.1) is 5.92 Å². The van der Waals surface area contributed by atoms with E-state index in [2.05, 4.69) is 33.2 Å². The predicted molar refractivity (Wildman–Crippen MR) is 77.8 cm³/mol. The van der Waals surface area contributed by atoms with E-state index < -0.39 is 0 Å². The number of Topliss-reactive ketones (excluding diaryl/α,β-unsaturated/α-hetero) is 1. The highest BCUT2D eigenvalue weighted by Gasteiger charge is 2.26. The Morgan fingerprint density at radius 1 is 1.47 bits per heavy atom. The van der Waals surface area contributed by atoms with E-state index in [0.717, 1.165) is 41.4 Å². The number of hydrogen-bond donors (Lipinski definition) is 0. The molecule has 0 bridgehead atoms. The van der Waals surface area contributed by atoms with E-state index >= 15 is 0 Å². The first-order valence-corrected chi connectivity index (χ1v) is 7.58. The second-order valence-corrected chi connectivity index (χ2v) is 5.91. The predicted octanol–water partition coefficient (Wildman–Crippen LogP) is 2.67. The van der Waals surface area contributed by atoms with E-state index in [4.69, 9.17) is 0 Å². The first-order chi connectivity index (χ1) is 9.19. The van der Waals surface area contributed by atoms with Gasteiger partial charge in [-0.25, -0.2) is 9.97 Å². The zero-order chi connectivity index (χ0) is 13.4. The fourth-order valence-electron chi connectivity index (χ4n) is 2.49. The molecule has 0 aliphatic carbocycles. The number of aromatic nitrogens is 2. The van der Waals surface area contributed by atoms with Crippen molar-refractivity contribution < 1.29 is 4.79 Å². The summed E-state index contributed by atoms with van der Waals surface area (Å²) in [5.74, 6) is 2.35. The van der Waals surface area contributed by atoms with Crippen molar-refractivity contribution in [3.05, 3.63) is 17.3 Å². The lowest BCUT2D eigenvalue weighted by Crippen LogP contribution is -2.40. The summed E-state index contributed by atoms with van der Waals surface area (Å²) in [4.78, 5) is 24.2. The molecule has 0 spiro atoms. The van der Waals surface area contributed by atoms with Gasteiger partial charge in [0.1, 0.15) is 22.3 Å². The van der Waals surface area contributed by atoms with Crippen LogP contribution in [-0.2, 0) is 11.2 Å². The largest absolute Gasteiger partial charge is 0.355 e. The quantitative estimate of drug-likeness (QED) is 0.845. The van der Waals surface area contributed by atoms with Crippen LogP contribution in [0.2, 0.25) is 0 Å². The SMILES string of the molecule is CCc1nc(N2CCC(=O)C(C)C2)c2ccsc2n1. The molecule has 0 aromatic carbocycles. The van der Waals surface area contributed by atoms with Gasteiger partial charge in [0.05, 0.1) is 5.39 Å². The lowest BCUT2D eigenvalue weighted by molar-refractivity contribution is -0.122. The molecule has 0 saturated carbocycles. The van der Waals surface area contributed by atoms with Gasteiger partial charge in [-0.15, -0.1) is 11.3 Å². The second kappa shape index (κ2) is 4.89. The van der Waals surface area contributed by atoms with Crippen LogP contribution in [0.1, 0.15) is 26.1 Å². The van der Waals surface area contributed by atoms with Crippen LogP contribution in [0.3, 0.4) is 0 Å². The summed E-state index contributed by atoms with van der Waals surface area (Å²) >= 11 is 1.65. The van der Waals surface area contributed by atoms with Crippen LogP contribution in [0.4, 0.5) is 5.82 Å². The van der Waals surface area contributed by atoms with Crippen molar-refractivity contribution >= 4 is 33.2 Å². The topological polar surface area (TPSA) is 46.1 Å². The van der Waals surface area contributed by atoms with Gasteiger partial charge >= 0.3 is 0 Å². The molecule has 3 heterocycles. The van der Waals surface area contributed by atoms with E-state index in [9.17, 15) is 4.79 Å². The van der Waals surface area contributed by atoms with Crippen molar-refractivity contribution in [2.24, 2.45) is 5.92 Å². The Morgan fingerprint density at radius 3 is 3.05 bits per heavy atom. The lowest BCUT2D eigenvalue weighted by Gasteiger charge is -2.31. The Morgan fingerprint density at radius 2 is 2.32 bits per heavy atom. The Labute approximate surface area is 116 Å². The molecule has 19 heavy (non-hydrogen) atoms. The van der Waals surface area contributed by atoms with E-state index in [1.807, 2.05) is 6.92 Å². The van der Waals surface area contributed by atoms with Crippen LogP contribution in [0.5, 0.6) is 0 Å². The molecule has 1 unspecified atom stereocenters. The van der Waals surface area contributed by atoms with Gasteiger partial charge in [0.15, 0.2) is 0 Å². The zero-order valence-electron chi connectivity index (χ0n) is 11.2. The third-order valence-electron chi connectivity index (χ3n) is 3.64. The van der Waals surface area contributed by atoms with Gasteiger partial charge in [0, 0.05) is 31.8 Å². The first-order valence-electron chi connectivity index (χ1n) is 6.70. The number of carbonyl (C=O) groups is 1. The molecular weight excluding hydrogens is 258 g/mol. The number of aryl methyl sites for hydroxylation is 1. The minimum absolute atomic E-state index is 0.0995. The lowest BCUT2D eigenvalue weighted by atomic mass is 9.98. The summed E-state index contributed by atoms with van der Waals surface area (Å²) in [6.07, 6.45) is 1.46. The number of fused-ring (bicyclic) bond motifs is 1. The van der Waals surface area contributed by atoms with Crippen LogP contribution >= 0.6 is 11.3 Å². The molecule has 1 atom stereocenters. The molecule has 0 radical (unpaired) electrons. The van der Waals surface area contributed by atoms with Crippen molar-refractivity contribution in [2.75, 3.05) is 18.0 Å². The number of anilines is 1. The number of ketones is 1. The van der Waals surface area contributed by atoms with Crippen LogP contribution in [0.25, 0.3) is 10.2 Å². The third-order valence-corrected chi connectivity index (χ3v) is 4.45. The molecule has 2 aromatic heterocycles. The highest BCUT2D eigenvalue weighted by molar-refractivity contribution is 7.16. The van der Waals surface area contributed by atoms with Gasteiger partial charge in [-0.3, -0.25) is 4.79 Å². The molecule has 1 saturated heterocycles. The van der Waals surface area contributed by atoms with Crippen molar-refractivity contribution in [3.63, 3.8) is 0 Å².